The molecule has 0 radical (unpaired) electrons. The number of hydrogen-bond acceptors (Lipinski definition) is 3. The van der Waals surface area contributed by atoms with Crippen LogP contribution in [0.15, 0.2) is 24.3 Å². The lowest BCUT2D eigenvalue weighted by Crippen LogP contribution is -2.40. The van der Waals surface area contributed by atoms with E-state index in [1.54, 1.807) is 6.07 Å². The molecule has 1 spiro atoms. The molecule has 1 saturated heterocycles. The van der Waals surface area contributed by atoms with Crippen molar-refractivity contribution in [2.75, 3.05) is 13.1 Å². The summed E-state index contributed by atoms with van der Waals surface area (Å²) in [7, 11) is 0. The molecule has 1 saturated carbocycles. The number of carbonyl (C=O) groups is 1. The molecule has 1 N–H and O–H groups in total. The second kappa shape index (κ2) is 6.29. The summed E-state index contributed by atoms with van der Waals surface area (Å²) in [6, 6.07) is 7.28. The molecule has 120 valence electrons. The second-order valence-corrected chi connectivity index (χ2v) is 6.78. The van der Waals surface area contributed by atoms with Gasteiger partial charge in [0.25, 0.3) is 5.91 Å². The second-order valence-electron chi connectivity index (χ2n) is 6.78. The van der Waals surface area contributed by atoms with Gasteiger partial charge in [0.2, 0.25) is 0 Å². The topological polar surface area (TPSA) is 49.8 Å². The van der Waals surface area contributed by atoms with E-state index in [0.717, 1.165) is 25.1 Å². The first-order valence-corrected chi connectivity index (χ1v) is 8.27. The van der Waals surface area contributed by atoms with Crippen molar-refractivity contribution in [2.24, 2.45) is 5.41 Å². The number of aliphatic hydroxyl groups excluding tert-OH is 1. The summed E-state index contributed by atoms with van der Waals surface area (Å²) in [5.41, 5.74) is 1.19. The molecule has 4 heteroatoms. The van der Waals surface area contributed by atoms with E-state index in [1.165, 1.54) is 25.7 Å². The van der Waals surface area contributed by atoms with Crippen LogP contribution in [0, 0.1) is 5.41 Å². The van der Waals surface area contributed by atoms with Gasteiger partial charge in [-0.25, -0.2) is 0 Å². The van der Waals surface area contributed by atoms with Crippen LogP contribution in [0.2, 0.25) is 0 Å². The number of nitrogens with zero attached hydrogens (tertiary/aromatic N) is 1. The first-order chi connectivity index (χ1) is 10.6. The molecule has 0 aromatic heterocycles. The highest BCUT2D eigenvalue weighted by atomic mass is 16.5. The van der Waals surface area contributed by atoms with Gasteiger partial charge in [-0.15, -0.1) is 0 Å². The van der Waals surface area contributed by atoms with Crippen molar-refractivity contribution in [1.82, 2.24) is 4.90 Å². The van der Waals surface area contributed by atoms with Gasteiger partial charge in [-0.1, -0.05) is 25.0 Å². The molecule has 1 aliphatic carbocycles. The van der Waals surface area contributed by atoms with Gasteiger partial charge in [0.05, 0.1) is 6.61 Å². The van der Waals surface area contributed by atoms with E-state index in [1.807, 2.05) is 30.0 Å². The average molecular weight is 303 g/mol. The fourth-order valence-corrected chi connectivity index (χ4v) is 3.89. The van der Waals surface area contributed by atoms with Crippen molar-refractivity contribution in [3.63, 3.8) is 0 Å². The molecule has 1 heterocycles. The highest BCUT2D eigenvalue weighted by Crippen LogP contribution is 2.45. The van der Waals surface area contributed by atoms with Crippen LogP contribution < -0.4 is 4.74 Å². The van der Waals surface area contributed by atoms with Crippen molar-refractivity contribution < 1.29 is 14.6 Å². The molecule has 2 fully saturated rings. The van der Waals surface area contributed by atoms with E-state index >= 15 is 0 Å². The van der Waals surface area contributed by atoms with Crippen LogP contribution in [-0.2, 0) is 11.4 Å². The fraction of sp³-hybridized carbons (Fsp3) is 0.611. The first-order valence-electron chi connectivity index (χ1n) is 8.27. The normalized spacial score (nSPS) is 21.3. The Balaban J connectivity index is 1.60. The summed E-state index contributed by atoms with van der Waals surface area (Å²) in [4.78, 5) is 14.6. The van der Waals surface area contributed by atoms with Gasteiger partial charge in [0.1, 0.15) is 5.75 Å². The van der Waals surface area contributed by atoms with E-state index in [0.29, 0.717) is 11.2 Å². The molecule has 1 atom stereocenters. The molecule has 1 amide bonds. The van der Waals surface area contributed by atoms with Crippen molar-refractivity contribution in [3.8, 4) is 5.75 Å². The fourth-order valence-electron chi connectivity index (χ4n) is 3.89. The molecule has 22 heavy (non-hydrogen) atoms. The van der Waals surface area contributed by atoms with Gasteiger partial charge in [0, 0.05) is 13.1 Å². The Labute approximate surface area is 132 Å². The molecular formula is C18H25NO3. The van der Waals surface area contributed by atoms with Crippen molar-refractivity contribution in [1.29, 1.82) is 0 Å². The number of rotatable bonds is 4. The maximum atomic E-state index is 12.6. The number of ether oxygens (including phenoxy) is 1. The van der Waals surface area contributed by atoms with Crippen molar-refractivity contribution in [3.05, 3.63) is 29.8 Å². The Hall–Kier alpha value is -1.55. The Bertz CT molecular complexity index is 537. The third-order valence-electron chi connectivity index (χ3n) is 5.16. The molecular weight excluding hydrogens is 278 g/mol. The molecule has 4 nitrogen and oxygen atoms in total. The smallest absolute Gasteiger partial charge is 0.263 e. The molecule has 2 aliphatic rings. The summed E-state index contributed by atoms with van der Waals surface area (Å²) in [5, 5.41) is 9.17. The van der Waals surface area contributed by atoms with Crippen LogP contribution in [0.3, 0.4) is 0 Å². The third kappa shape index (κ3) is 3.12. The Morgan fingerprint density at radius 1 is 1.36 bits per heavy atom. The van der Waals surface area contributed by atoms with E-state index in [4.69, 9.17) is 9.84 Å². The van der Waals surface area contributed by atoms with Crippen LogP contribution >= 0.6 is 0 Å². The molecule has 1 aromatic rings. The number of carbonyl (C=O) groups excluding carboxylic acids is 1. The van der Waals surface area contributed by atoms with E-state index in [9.17, 15) is 4.79 Å². The largest absolute Gasteiger partial charge is 0.481 e. The number of aliphatic hydroxyl groups is 1. The minimum atomic E-state index is -0.481. The van der Waals surface area contributed by atoms with Crippen LogP contribution in [0.5, 0.6) is 5.75 Å². The van der Waals surface area contributed by atoms with Crippen LogP contribution in [0.1, 0.15) is 44.6 Å². The number of hydrogen-bond donors (Lipinski definition) is 1. The Kier molecular flexibility index (Phi) is 4.39. The lowest BCUT2D eigenvalue weighted by Gasteiger charge is -2.25. The number of likely N-dealkylation sites (tertiary alicyclic amines) is 1. The molecule has 0 bridgehead atoms. The Morgan fingerprint density at radius 3 is 2.86 bits per heavy atom. The molecule has 1 aliphatic heterocycles. The maximum absolute atomic E-state index is 12.6. The summed E-state index contributed by atoms with van der Waals surface area (Å²) in [5.74, 6) is 0.723. The Morgan fingerprint density at radius 2 is 2.14 bits per heavy atom. The van der Waals surface area contributed by atoms with Gasteiger partial charge >= 0.3 is 0 Å². The van der Waals surface area contributed by atoms with E-state index in [-0.39, 0.29) is 12.5 Å². The zero-order valence-electron chi connectivity index (χ0n) is 13.3. The zero-order valence-corrected chi connectivity index (χ0v) is 13.3. The summed E-state index contributed by atoms with van der Waals surface area (Å²) in [6.45, 7) is 3.56. The highest BCUT2D eigenvalue weighted by Gasteiger charge is 2.42. The van der Waals surface area contributed by atoms with Gasteiger partial charge in [-0.2, -0.15) is 0 Å². The predicted octanol–water partition coefficient (Wildman–Crippen LogP) is 2.74. The molecule has 1 unspecified atom stereocenters. The quantitative estimate of drug-likeness (QED) is 0.930. The SMILES string of the molecule is CC(Oc1cccc(CO)c1)C(=O)N1CCC2(CCCC2)C1. The average Bonchev–Trinajstić information content (AvgIpc) is 3.17. The lowest BCUT2D eigenvalue weighted by molar-refractivity contribution is -0.137. The van der Waals surface area contributed by atoms with E-state index in [2.05, 4.69) is 0 Å². The third-order valence-corrected chi connectivity index (χ3v) is 5.16. The summed E-state index contributed by atoms with van der Waals surface area (Å²) < 4.78 is 5.78. The minimum Gasteiger partial charge on any atom is -0.481 e. The van der Waals surface area contributed by atoms with Crippen molar-refractivity contribution >= 4 is 5.91 Å². The molecule has 3 rings (SSSR count). The van der Waals surface area contributed by atoms with Crippen molar-refractivity contribution in [2.45, 2.75) is 51.7 Å². The summed E-state index contributed by atoms with van der Waals surface area (Å²) >= 11 is 0. The molecule has 1 aromatic carbocycles. The maximum Gasteiger partial charge on any atom is 0.263 e. The first kappa shape index (κ1) is 15.3. The van der Waals surface area contributed by atoms with Crippen LogP contribution in [0.25, 0.3) is 0 Å². The standard InChI is InChI=1S/C18H25NO3/c1-14(22-16-6-4-5-15(11-16)12-20)17(21)19-10-9-18(13-19)7-2-3-8-18/h4-6,11,14,20H,2-3,7-10,12-13H2,1H3. The summed E-state index contributed by atoms with van der Waals surface area (Å²) in [6.07, 6.45) is 5.82. The highest BCUT2D eigenvalue weighted by molar-refractivity contribution is 5.81. The number of amides is 1. The van der Waals surface area contributed by atoms with Gasteiger partial charge < -0.3 is 14.7 Å². The zero-order chi connectivity index (χ0) is 15.6. The van der Waals surface area contributed by atoms with Gasteiger partial charge in [-0.05, 0) is 49.3 Å². The lowest BCUT2D eigenvalue weighted by atomic mass is 9.86. The minimum absolute atomic E-state index is 0.0197. The van der Waals surface area contributed by atoms with Gasteiger partial charge in [0.15, 0.2) is 6.10 Å². The monoisotopic (exact) mass is 303 g/mol. The van der Waals surface area contributed by atoms with Crippen LogP contribution in [-0.4, -0.2) is 35.1 Å². The van der Waals surface area contributed by atoms with Crippen LogP contribution in [0.4, 0.5) is 0 Å². The number of benzene rings is 1. The van der Waals surface area contributed by atoms with E-state index < -0.39 is 6.10 Å². The predicted molar refractivity (Wildman–Crippen MR) is 84.6 cm³/mol. The van der Waals surface area contributed by atoms with Gasteiger partial charge in [-0.3, -0.25) is 4.79 Å².